The number of halogens is 1. The van der Waals surface area contributed by atoms with Crippen LogP contribution in [0.25, 0.3) is 0 Å². The summed E-state index contributed by atoms with van der Waals surface area (Å²) in [6.07, 6.45) is 0. The molecular weight excluding hydrogens is 267 g/mol. The number of ketones is 1. The summed E-state index contributed by atoms with van der Waals surface area (Å²) >= 11 is 0. The average Bonchev–Trinajstić information content (AvgIpc) is 2.45. The fourth-order valence-electron chi connectivity index (χ4n) is 1.97. The van der Waals surface area contributed by atoms with Gasteiger partial charge in [0, 0.05) is 0 Å². The molecule has 0 atom stereocenters. The molecule has 0 aliphatic carbocycles. The Morgan fingerprint density at radius 2 is 1.67 bits per heavy atom. The average molecular weight is 286 g/mol. The van der Waals surface area contributed by atoms with Crippen molar-refractivity contribution < 1.29 is 13.9 Å². The summed E-state index contributed by atoms with van der Waals surface area (Å²) in [6.45, 7) is 6.22. The fourth-order valence-corrected chi connectivity index (χ4v) is 1.97. The van der Waals surface area contributed by atoms with Gasteiger partial charge in [-0.15, -0.1) is 0 Å². The van der Waals surface area contributed by atoms with Crippen LogP contribution in [0.2, 0.25) is 0 Å². The highest BCUT2D eigenvalue weighted by Crippen LogP contribution is 2.24. The Labute approximate surface area is 124 Å². The molecule has 0 saturated carbocycles. The van der Waals surface area contributed by atoms with Gasteiger partial charge in [0.25, 0.3) is 0 Å². The Hall–Kier alpha value is -2.16. The second-order valence-electron chi connectivity index (χ2n) is 5.97. The van der Waals surface area contributed by atoms with Crippen LogP contribution in [0.1, 0.15) is 36.7 Å². The summed E-state index contributed by atoms with van der Waals surface area (Å²) in [6, 6.07) is 13.5. The van der Waals surface area contributed by atoms with Crippen molar-refractivity contribution in [3.63, 3.8) is 0 Å². The molecule has 0 aliphatic heterocycles. The van der Waals surface area contributed by atoms with Gasteiger partial charge in [0.05, 0.1) is 5.56 Å². The van der Waals surface area contributed by atoms with E-state index in [2.05, 4.69) is 20.8 Å². The first-order valence-corrected chi connectivity index (χ1v) is 6.89. The minimum atomic E-state index is -0.519. The minimum absolute atomic E-state index is 0.0591. The van der Waals surface area contributed by atoms with Crippen LogP contribution in [0.3, 0.4) is 0 Å². The van der Waals surface area contributed by atoms with E-state index in [1.807, 2.05) is 24.3 Å². The fraction of sp³-hybridized carbons (Fsp3) is 0.278. The molecule has 0 N–H and O–H groups in total. The number of benzene rings is 2. The molecule has 0 unspecified atom stereocenters. The van der Waals surface area contributed by atoms with Gasteiger partial charge in [-0.3, -0.25) is 4.79 Å². The lowest BCUT2D eigenvalue weighted by Gasteiger charge is -2.19. The van der Waals surface area contributed by atoms with Gasteiger partial charge in [0.2, 0.25) is 5.78 Å². The van der Waals surface area contributed by atoms with Crippen LogP contribution in [-0.2, 0) is 5.41 Å². The zero-order valence-corrected chi connectivity index (χ0v) is 12.5. The maximum Gasteiger partial charge on any atom is 0.203 e. The lowest BCUT2D eigenvalue weighted by molar-refractivity contribution is 0.0917. The van der Waals surface area contributed by atoms with Gasteiger partial charge in [0.1, 0.15) is 11.6 Å². The largest absolute Gasteiger partial charge is 0.485 e. The Morgan fingerprint density at radius 3 is 2.24 bits per heavy atom. The highest BCUT2D eigenvalue weighted by atomic mass is 19.1. The van der Waals surface area contributed by atoms with Gasteiger partial charge in [-0.25, -0.2) is 4.39 Å². The van der Waals surface area contributed by atoms with Gasteiger partial charge in [-0.2, -0.15) is 0 Å². The lowest BCUT2D eigenvalue weighted by Crippen LogP contribution is -2.14. The molecule has 0 radical (unpaired) electrons. The number of hydrogen-bond donors (Lipinski definition) is 0. The summed E-state index contributed by atoms with van der Waals surface area (Å²) in [4.78, 5) is 11.9. The van der Waals surface area contributed by atoms with Crippen LogP contribution >= 0.6 is 0 Å². The summed E-state index contributed by atoms with van der Waals surface area (Å²) in [5.41, 5.74) is 1.32. The molecule has 2 rings (SSSR count). The number of hydrogen-bond acceptors (Lipinski definition) is 2. The molecule has 0 aromatic heterocycles. The zero-order valence-electron chi connectivity index (χ0n) is 12.5. The number of Topliss-reactive ketones (excluding diaryl/α,β-unsaturated/α-hetero) is 1. The van der Waals surface area contributed by atoms with Crippen molar-refractivity contribution in [2.45, 2.75) is 26.2 Å². The van der Waals surface area contributed by atoms with Gasteiger partial charge in [-0.1, -0.05) is 45.0 Å². The topological polar surface area (TPSA) is 26.3 Å². The third kappa shape index (κ3) is 3.91. The Balaban J connectivity index is 2.00. The third-order valence-electron chi connectivity index (χ3n) is 3.26. The molecule has 110 valence electrons. The van der Waals surface area contributed by atoms with Crippen LogP contribution < -0.4 is 4.74 Å². The molecule has 2 nitrogen and oxygen atoms in total. The van der Waals surface area contributed by atoms with E-state index in [9.17, 15) is 9.18 Å². The normalized spacial score (nSPS) is 11.2. The Kier molecular flexibility index (Phi) is 4.41. The van der Waals surface area contributed by atoms with Crippen molar-refractivity contribution in [2.24, 2.45) is 0 Å². The van der Waals surface area contributed by atoms with Gasteiger partial charge in [0.15, 0.2) is 6.61 Å². The first-order chi connectivity index (χ1) is 9.88. The molecule has 0 fully saturated rings. The van der Waals surface area contributed by atoms with Crippen LogP contribution in [-0.4, -0.2) is 12.4 Å². The zero-order chi connectivity index (χ0) is 15.5. The number of rotatable bonds is 4. The van der Waals surface area contributed by atoms with Crippen LogP contribution in [0.15, 0.2) is 48.5 Å². The number of carbonyl (C=O) groups is 1. The summed E-state index contributed by atoms with van der Waals surface area (Å²) in [5, 5.41) is 0. The molecule has 0 aliphatic rings. The van der Waals surface area contributed by atoms with Crippen LogP contribution in [0.5, 0.6) is 5.75 Å². The molecule has 0 saturated heterocycles. The standard InChI is InChI=1S/C18H19FO2/c1-18(2,3)13-8-10-14(11-9-13)21-12-17(20)15-6-4-5-7-16(15)19/h4-11H,12H2,1-3H3. The van der Waals surface area contributed by atoms with Crippen molar-refractivity contribution in [2.75, 3.05) is 6.61 Å². The van der Waals surface area contributed by atoms with E-state index in [-0.39, 0.29) is 23.4 Å². The quantitative estimate of drug-likeness (QED) is 0.779. The number of carbonyl (C=O) groups excluding carboxylic acids is 1. The molecule has 0 amide bonds. The van der Waals surface area contributed by atoms with Crippen molar-refractivity contribution in [1.29, 1.82) is 0 Å². The van der Waals surface area contributed by atoms with Crippen LogP contribution in [0, 0.1) is 5.82 Å². The minimum Gasteiger partial charge on any atom is -0.485 e. The van der Waals surface area contributed by atoms with E-state index in [1.165, 1.54) is 17.7 Å². The Bertz CT molecular complexity index is 624. The maximum atomic E-state index is 13.5. The van der Waals surface area contributed by atoms with Gasteiger partial charge in [-0.05, 0) is 35.2 Å². The van der Waals surface area contributed by atoms with E-state index in [4.69, 9.17) is 4.74 Å². The van der Waals surface area contributed by atoms with Gasteiger partial charge >= 0.3 is 0 Å². The molecule has 21 heavy (non-hydrogen) atoms. The highest BCUT2D eigenvalue weighted by molar-refractivity contribution is 5.97. The Morgan fingerprint density at radius 1 is 1.05 bits per heavy atom. The smallest absolute Gasteiger partial charge is 0.203 e. The first-order valence-electron chi connectivity index (χ1n) is 6.89. The third-order valence-corrected chi connectivity index (χ3v) is 3.26. The summed E-state index contributed by atoms with van der Waals surface area (Å²) in [5.74, 6) is -0.283. The van der Waals surface area contributed by atoms with Crippen molar-refractivity contribution in [1.82, 2.24) is 0 Å². The predicted molar refractivity (Wildman–Crippen MR) is 81.4 cm³/mol. The first kappa shape index (κ1) is 15.2. The highest BCUT2D eigenvalue weighted by Gasteiger charge is 2.14. The van der Waals surface area contributed by atoms with Crippen molar-refractivity contribution in [3.05, 3.63) is 65.5 Å². The predicted octanol–water partition coefficient (Wildman–Crippen LogP) is 4.38. The summed E-state index contributed by atoms with van der Waals surface area (Å²) in [7, 11) is 0. The SMILES string of the molecule is CC(C)(C)c1ccc(OCC(=O)c2ccccc2F)cc1. The molecule has 0 heterocycles. The van der Waals surface area contributed by atoms with E-state index in [1.54, 1.807) is 12.1 Å². The van der Waals surface area contributed by atoms with Crippen molar-refractivity contribution in [3.8, 4) is 5.75 Å². The maximum absolute atomic E-state index is 13.5. The van der Waals surface area contributed by atoms with E-state index < -0.39 is 5.82 Å². The lowest BCUT2D eigenvalue weighted by atomic mass is 9.87. The van der Waals surface area contributed by atoms with Gasteiger partial charge < -0.3 is 4.74 Å². The number of ether oxygens (including phenoxy) is 1. The van der Waals surface area contributed by atoms with E-state index >= 15 is 0 Å². The molecule has 0 bridgehead atoms. The van der Waals surface area contributed by atoms with E-state index in [0.29, 0.717) is 5.75 Å². The van der Waals surface area contributed by atoms with E-state index in [0.717, 1.165) is 0 Å². The molecule has 3 heteroatoms. The second-order valence-corrected chi connectivity index (χ2v) is 5.97. The molecule has 2 aromatic carbocycles. The molecule has 0 spiro atoms. The molecular formula is C18H19FO2. The second kappa shape index (κ2) is 6.08. The van der Waals surface area contributed by atoms with Crippen LogP contribution in [0.4, 0.5) is 4.39 Å². The summed E-state index contributed by atoms with van der Waals surface area (Å²) < 4.78 is 18.9. The molecule has 2 aromatic rings. The monoisotopic (exact) mass is 286 g/mol. The van der Waals surface area contributed by atoms with Crippen molar-refractivity contribution >= 4 is 5.78 Å².